The number of benzene rings is 2. The van der Waals surface area contributed by atoms with Crippen molar-refractivity contribution in [1.29, 1.82) is 0 Å². The first kappa shape index (κ1) is 14.0. The Labute approximate surface area is 118 Å². The number of halogens is 2. The van der Waals surface area contributed by atoms with Gasteiger partial charge in [-0.2, -0.15) is 0 Å². The lowest BCUT2D eigenvalue weighted by atomic mass is 9.98. The van der Waals surface area contributed by atoms with Gasteiger partial charge in [-0.3, -0.25) is 0 Å². The van der Waals surface area contributed by atoms with E-state index in [0.29, 0.717) is 12.0 Å². The van der Waals surface area contributed by atoms with Crippen molar-refractivity contribution in [1.82, 2.24) is 5.32 Å². The summed E-state index contributed by atoms with van der Waals surface area (Å²) < 4.78 is 13.9. The van der Waals surface area contributed by atoms with E-state index in [9.17, 15) is 4.39 Å². The standard InChI is InChI=1S/C16H17ClFN/c1-11-6-8-12(9-7-11)15(19-2)10-13-4-3-5-14(17)16(13)18/h3-9,15,19H,10H2,1-2H3. The van der Waals surface area contributed by atoms with E-state index in [1.54, 1.807) is 18.2 Å². The van der Waals surface area contributed by atoms with E-state index in [-0.39, 0.29) is 16.9 Å². The molecule has 0 amide bonds. The van der Waals surface area contributed by atoms with Crippen LogP contribution >= 0.6 is 11.6 Å². The minimum Gasteiger partial charge on any atom is -0.313 e. The molecule has 2 rings (SSSR count). The van der Waals surface area contributed by atoms with E-state index in [2.05, 4.69) is 36.5 Å². The van der Waals surface area contributed by atoms with Crippen LogP contribution in [0.5, 0.6) is 0 Å². The molecule has 2 aromatic carbocycles. The second-order valence-corrected chi connectivity index (χ2v) is 5.08. The van der Waals surface area contributed by atoms with Gasteiger partial charge in [-0.25, -0.2) is 4.39 Å². The van der Waals surface area contributed by atoms with Gasteiger partial charge in [0.05, 0.1) is 5.02 Å². The van der Waals surface area contributed by atoms with Crippen LogP contribution in [0.1, 0.15) is 22.7 Å². The van der Waals surface area contributed by atoms with Crippen molar-refractivity contribution in [3.63, 3.8) is 0 Å². The predicted octanol–water partition coefficient (Wildman–Crippen LogP) is 4.29. The summed E-state index contributed by atoms with van der Waals surface area (Å²) in [5.41, 5.74) is 2.99. The average molecular weight is 278 g/mol. The maximum atomic E-state index is 13.9. The largest absolute Gasteiger partial charge is 0.313 e. The first-order valence-corrected chi connectivity index (χ1v) is 6.66. The fourth-order valence-corrected chi connectivity index (χ4v) is 2.31. The van der Waals surface area contributed by atoms with E-state index in [1.165, 1.54) is 5.56 Å². The van der Waals surface area contributed by atoms with Crippen LogP contribution in [0.3, 0.4) is 0 Å². The molecule has 19 heavy (non-hydrogen) atoms. The van der Waals surface area contributed by atoms with Crippen molar-refractivity contribution in [2.75, 3.05) is 7.05 Å². The summed E-state index contributed by atoms with van der Waals surface area (Å²) in [6, 6.07) is 13.5. The Morgan fingerprint density at radius 2 is 1.84 bits per heavy atom. The van der Waals surface area contributed by atoms with Crippen LogP contribution in [0, 0.1) is 12.7 Å². The summed E-state index contributed by atoms with van der Waals surface area (Å²) >= 11 is 5.81. The minimum atomic E-state index is -0.323. The molecule has 0 heterocycles. The first-order chi connectivity index (χ1) is 9.11. The Balaban J connectivity index is 2.24. The topological polar surface area (TPSA) is 12.0 Å². The molecule has 0 fully saturated rings. The first-order valence-electron chi connectivity index (χ1n) is 6.28. The molecular weight excluding hydrogens is 261 g/mol. The highest BCUT2D eigenvalue weighted by atomic mass is 35.5. The van der Waals surface area contributed by atoms with Crippen LogP contribution < -0.4 is 5.32 Å². The Morgan fingerprint density at radius 1 is 1.16 bits per heavy atom. The van der Waals surface area contributed by atoms with Gasteiger partial charge >= 0.3 is 0 Å². The third-order valence-corrected chi connectivity index (χ3v) is 3.58. The second kappa shape index (κ2) is 6.18. The summed E-state index contributed by atoms with van der Waals surface area (Å²) in [6.45, 7) is 2.05. The van der Waals surface area contributed by atoms with E-state index >= 15 is 0 Å². The molecule has 3 heteroatoms. The van der Waals surface area contributed by atoms with Crippen molar-refractivity contribution in [2.45, 2.75) is 19.4 Å². The monoisotopic (exact) mass is 277 g/mol. The molecule has 2 aromatic rings. The molecule has 0 aromatic heterocycles. The lowest BCUT2D eigenvalue weighted by Gasteiger charge is -2.17. The smallest absolute Gasteiger partial charge is 0.145 e. The third-order valence-electron chi connectivity index (χ3n) is 3.28. The van der Waals surface area contributed by atoms with Crippen LogP contribution in [0.2, 0.25) is 5.02 Å². The quantitative estimate of drug-likeness (QED) is 0.879. The highest BCUT2D eigenvalue weighted by molar-refractivity contribution is 6.30. The zero-order chi connectivity index (χ0) is 13.8. The van der Waals surface area contributed by atoms with Gasteiger partial charge in [-0.1, -0.05) is 53.6 Å². The maximum Gasteiger partial charge on any atom is 0.145 e. The van der Waals surface area contributed by atoms with Gasteiger partial charge in [-0.05, 0) is 37.6 Å². The van der Waals surface area contributed by atoms with Gasteiger partial charge in [0.2, 0.25) is 0 Å². The second-order valence-electron chi connectivity index (χ2n) is 4.67. The highest BCUT2D eigenvalue weighted by Crippen LogP contribution is 2.24. The Kier molecular flexibility index (Phi) is 4.56. The third kappa shape index (κ3) is 3.34. The molecule has 100 valence electrons. The van der Waals surface area contributed by atoms with Gasteiger partial charge < -0.3 is 5.32 Å². The minimum absolute atomic E-state index is 0.0774. The zero-order valence-corrected chi connectivity index (χ0v) is 11.8. The highest BCUT2D eigenvalue weighted by Gasteiger charge is 2.14. The Morgan fingerprint density at radius 3 is 2.47 bits per heavy atom. The zero-order valence-electron chi connectivity index (χ0n) is 11.1. The molecule has 0 saturated heterocycles. The Bertz CT molecular complexity index is 551. The number of likely N-dealkylation sites (N-methyl/N-ethyl adjacent to an activating group) is 1. The summed E-state index contributed by atoms with van der Waals surface area (Å²) in [6.07, 6.45) is 0.575. The molecule has 0 spiro atoms. The molecule has 1 atom stereocenters. The molecule has 0 aliphatic heterocycles. The molecule has 1 N–H and O–H groups in total. The van der Waals surface area contributed by atoms with Crippen molar-refractivity contribution in [2.24, 2.45) is 0 Å². The summed E-state index contributed by atoms with van der Waals surface area (Å²) in [5, 5.41) is 3.40. The van der Waals surface area contributed by atoms with Gasteiger partial charge in [0, 0.05) is 6.04 Å². The average Bonchev–Trinajstić information content (AvgIpc) is 2.42. The van der Waals surface area contributed by atoms with Crippen molar-refractivity contribution in [3.8, 4) is 0 Å². The molecule has 1 nitrogen and oxygen atoms in total. The van der Waals surface area contributed by atoms with Crippen LogP contribution in [-0.4, -0.2) is 7.05 Å². The van der Waals surface area contributed by atoms with Gasteiger partial charge in [0.1, 0.15) is 5.82 Å². The van der Waals surface area contributed by atoms with E-state index in [4.69, 9.17) is 11.6 Å². The molecule has 1 unspecified atom stereocenters. The lowest BCUT2D eigenvalue weighted by Crippen LogP contribution is -2.19. The summed E-state index contributed by atoms with van der Waals surface area (Å²) in [4.78, 5) is 0. The SMILES string of the molecule is CNC(Cc1cccc(Cl)c1F)c1ccc(C)cc1. The number of hydrogen-bond donors (Lipinski definition) is 1. The van der Waals surface area contributed by atoms with Crippen LogP contribution in [0.4, 0.5) is 4.39 Å². The lowest BCUT2D eigenvalue weighted by molar-refractivity contribution is 0.554. The number of aryl methyl sites for hydroxylation is 1. The van der Waals surface area contributed by atoms with Crippen LogP contribution in [0.15, 0.2) is 42.5 Å². The van der Waals surface area contributed by atoms with Gasteiger partial charge in [0.25, 0.3) is 0 Å². The Hall–Kier alpha value is -1.38. The molecule has 0 aliphatic carbocycles. The normalized spacial score (nSPS) is 12.4. The maximum absolute atomic E-state index is 13.9. The predicted molar refractivity (Wildman–Crippen MR) is 78.1 cm³/mol. The van der Waals surface area contributed by atoms with Crippen molar-refractivity contribution < 1.29 is 4.39 Å². The number of rotatable bonds is 4. The van der Waals surface area contributed by atoms with Gasteiger partial charge in [-0.15, -0.1) is 0 Å². The fraction of sp³-hybridized carbons (Fsp3) is 0.250. The van der Waals surface area contributed by atoms with Crippen molar-refractivity contribution in [3.05, 3.63) is 70.0 Å². The van der Waals surface area contributed by atoms with Crippen molar-refractivity contribution >= 4 is 11.6 Å². The number of hydrogen-bond acceptors (Lipinski definition) is 1. The summed E-state index contributed by atoms with van der Waals surface area (Å²) in [7, 11) is 1.88. The molecule has 0 radical (unpaired) electrons. The van der Waals surface area contributed by atoms with Gasteiger partial charge in [0.15, 0.2) is 0 Å². The molecular formula is C16H17ClFN. The fourth-order valence-electron chi connectivity index (χ4n) is 2.11. The van der Waals surface area contributed by atoms with E-state index < -0.39 is 0 Å². The summed E-state index contributed by atoms with van der Waals surface area (Å²) in [5.74, 6) is -0.323. The number of nitrogens with one attached hydrogen (secondary N) is 1. The molecule has 0 aliphatic rings. The molecule has 0 saturated carbocycles. The van der Waals surface area contributed by atoms with Crippen LogP contribution in [0.25, 0.3) is 0 Å². The van der Waals surface area contributed by atoms with E-state index in [0.717, 1.165) is 5.56 Å². The van der Waals surface area contributed by atoms with E-state index in [1.807, 2.05) is 7.05 Å². The van der Waals surface area contributed by atoms with Crippen LogP contribution in [-0.2, 0) is 6.42 Å². The molecule has 0 bridgehead atoms.